The summed E-state index contributed by atoms with van der Waals surface area (Å²) in [7, 11) is 3.08. The summed E-state index contributed by atoms with van der Waals surface area (Å²) >= 11 is 12.0. The highest BCUT2D eigenvalue weighted by molar-refractivity contribution is 6.35. The van der Waals surface area contributed by atoms with Gasteiger partial charge in [-0.15, -0.1) is 0 Å². The van der Waals surface area contributed by atoms with Crippen molar-refractivity contribution in [2.75, 3.05) is 19.5 Å². The molecule has 0 aliphatic rings. The molecule has 0 aliphatic carbocycles. The first-order valence-electron chi connectivity index (χ1n) is 8.26. The average molecular weight is 418 g/mol. The zero-order chi connectivity index (χ0) is 20.1. The highest BCUT2D eigenvalue weighted by Gasteiger charge is 2.09. The lowest BCUT2D eigenvalue weighted by Gasteiger charge is -2.10. The third kappa shape index (κ3) is 4.88. The molecule has 0 spiro atoms. The maximum Gasteiger partial charge on any atom is 0.248 e. The van der Waals surface area contributed by atoms with Gasteiger partial charge in [0.05, 0.1) is 19.9 Å². The van der Waals surface area contributed by atoms with Crippen molar-refractivity contribution in [3.8, 4) is 22.8 Å². The number of nitrogens with one attached hydrogen (secondary N) is 1. The van der Waals surface area contributed by atoms with Crippen molar-refractivity contribution in [1.82, 2.24) is 0 Å². The molecule has 3 rings (SSSR count). The first-order valence-corrected chi connectivity index (χ1v) is 9.01. The molecule has 0 fully saturated rings. The zero-order valence-corrected chi connectivity index (χ0v) is 16.7. The lowest BCUT2D eigenvalue weighted by Crippen LogP contribution is -2.09. The van der Waals surface area contributed by atoms with Crippen molar-refractivity contribution in [3.05, 3.63) is 70.4 Å². The summed E-state index contributed by atoms with van der Waals surface area (Å²) in [6.45, 7) is 0. The standard InChI is InChI=1S/C21H17Cl2NO4/c1-26-17-4-7-20(27-2)18(12-17)24-21(25)8-5-16-3-6-19(28-16)13-9-14(22)11-15(23)10-13/h3-12H,1-2H3,(H,24,25)/b8-5+. The summed E-state index contributed by atoms with van der Waals surface area (Å²) in [6, 6.07) is 13.8. The summed E-state index contributed by atoms with van der Waals surface area (Å²) in [5, 5.41) is 3.79. The molecule has 1 N–H and O–H groups in total. The van der Waals surface area contributed by atoms with Crippen LogP contribution in [0, 0.1) is 0 Å². The van der Waals surface area contributed by atoms with Gasteiger partial charge < -0.3 is 19.2 Å². The Morgan fingerprint density at radius 3 is 2.43 bits per heavy atom. The van der Waals surface area contributed by atoms with Crippen molar-refractivity contribution < 1.29 is 18.7 Å². The van der Waals surface area contributed by atoms with E-state index in [1.54, 1.807) is 61.7 Å². The van der Waals surface area contributed by atoms with Gasteiger partial charge in [0, 0.05) is 27.8 Å². The second-order valence-corrected chi connectivity index (χ2v) is 6.62. The lowest BCUT2D eigenvalue weighted by molar-refractivity contribution is -0.111. The topological polar surface area (TPSA) is 60.7 Å². The van der Waals surface area contributed by atoms with Gasteiger partial charge in [-0.25, -0.2) is 0 Å². The van der Waals surface area contributed by atoms with Crippen molar-refractivity contribution >= 4 is 40.9 Å². The maximum absolute atomic E-state index is 12.2. The van der Waals surface area contributed by atoms with Crippen LogP contribution in [-0.4, -0.2) is 20.1 Å². The van der Waals surface area contributed by atoms with Crippen LogP contribution in [-0.2, 0) is 4.79 Å². The van der Waals surface area contributed by atoms with E-state index in [1.165, 1.54) is 13.2 Å². The van der Waals surface area contributed by atoms with Crippen LogP contribution in [0.15, 0.2) is 59.0 Å². The maximum atomic E-state index is 12.2. The van der Waals surface area contributed by atoms with Gasteiger partial charge >= 0.3 is 0 Å². The van der Waals surface area contributed by atoms with Gasteiger partial charge in [0.1, 0.15) is 23.0 Å². The largest absolute Gasteiger partial charge is 0.497 e. The van der Waals surface area contributed by atoms with E-state index in [-0.39, 0.29) is 5.91 Å². The van der Waals surface area contributed by atoms with Crippen LogP contribution in [0.5, 0.6) is 11.5 Å². The zero-order valence-electron chi connectivity index (χ0n) is 15.2. The third-order valence-electron chi connectivity index (χ3n) is 3.84. The number of benzene rings is 2. The Balaban J connectivity index is 1.72. The van der Waals surface area contributed by atoms with Crippen LogP contribution in [0.2, 0.25) is 10.0 Å². The van der Waals surface area contributed by atoms with Crippen LogP contribution in [0.4, 0.5) is 5.69 Å². The molecule has 1 amide bonds. The minimum Gasteiger partial charge on any atom is -0.497 e. The second-order valence-electron chi connectivity index (χ2n) is 5.75. The monoisotopic (exact) mass is 417 g/mol. The Hall–Kier alpha value is -2.89. The predicted octanol–water partition coefficient (Wildman–Crippen LogP) is 5.92. The SMILES string of the molecule is COc1ccc(OC)c(NC(=O)/C=C/c2ccc(-c3cc(Cl)cc(Cl)c3)o2)c1. The molecule has 1 heterocycles. The van der Waals surface area contributed by atoms with Gasteiger partial charge in [0.2, 0.25) is 5.91 Å². The molecule has 2 aromatic carbocycles. The molecule has 0 radical (unpaired) electrons. The Kier molecular flexibility index (Phi) is 6.29. The number of carbonyl (C=O) groups is 1. The lowest BCUT2D eigenvalue weighted by atomic mass is 10.2. The van der Waals surface area contributed by atoms with Crippen molar-refractivity contribution in [3.63, 3.8) is 0 Å². The first-order chi connectivity index (χ1) is 13.5. The highest BCUT2D eigenvalue weighted by atomic mass is 35.5. The summed E-state index contributed by atoms with van der Waals surface area (Å²) in [5.41, 5.74) is 1.26. The van der Waals surface area contributed by atoms with Crippen molar-refractivity contribution in [2.24, 2.45) is 0 Å². The molecular weight excluding hydrogens is 401 g/mol. The predicted molar refractivity (Wildman–Crippen MR) is 111 cm³/mol. The summed E-state index contributed by atoms with van der Waals surface area (Å²) in [5.74, 6) is 1.91. The summed E-state index contributed by atoms with van der Waals surface area (Å²) in [6.07, 6.45) is 2.93. The molecule has 144 valence electrons. The van der Waals surface area contributed by atoms with Gasteiger partial charge in [0.25, 0.3) is 0 Å². The van der Waals surface area contributed by atoms with E-state index < -0.39 is 0 Å². The fourth-order valence-electron chi connectivity index (χ4n) is 2.54. The minimum absolute atomic E-state index is 0.338. The van der Waals surface area contributed by atoms with Gasteiger partial charge in [-0.1, -0.05) is 23.2 Å². The summed E-state index contributed by atoms with van der Waals surface area (Å²) < 4.78 is 16.1. The minimum atomic E-state index is -0.338. The van der Waals surface area contributed by atoms with Crippen LogP contribution in [0.25, 0.3) is 17.4 Å². The molecule has 0 bridgehead atoms. The number of methoxy groups -OCH3 is 2. The molecular formula is C21H17Cl2NO4. The molecule has 28 heavy (non-hydrogen) atoms. The van der Waals surface area contributed by atoms with E-state index in [0.717, 1.165) is 5.56 Å². The summed E-state index contributed by atoms with van der Waals surface area (Å²) in [4.78, 5) is 12.2. The van der Waals surface area contributed by atoms with Crippen LogP contribution >= 0.6 is 23.2 Å². The van der Waals surface area contributed by atoms with E-state index in [1.807, 2.05) is 0 Å². The smallest absolute Gasteiger partial charge is 0.248 e. The van der Waals surface area contributed by atoms with E-state index in [9.17, 15) is 4.79 Å². The quantitative estimate of drug-likeness (QED) is 0.505. The first kappa shape index (κ1) is 19.9. The van der Waals surface area contributed by atoms with Crippen molar-refractivity contribution in [1.29, 1.82) is 0 Å². The molecule has 0 unspecified atom stereocenters. The fraction of sp³-hybridized carbons (Fsp3) is 0.0952. The molecule has 0 atom stereocenters. The van der Waals surface area contributed by atoms with Gasteiger partial charge in [-0.2, -0.15) is 0 Å². The average Bonchev–Trinajstić information content (AvgIpc) is 3.14. The Bertz CT molecular complexity index is 1010. The Morgan fingerprint density at radius 1 is 1.00 bits per heavy atom. The van der Waals surface area contributed by atoms with E-state index >= 15 is 0 Å². The third-order valence-corrected chi connectivity index (χ3v) is 4.27. The highest BCUT2D eigenvalue weighted by Crippen LogP contribution is 2.30. The number of furan rings is 1. The van der Waals surface area contributed by atoms with Gasteiger partial charge in [0.15, 0.2) is 0 Å². The van der Waals surface area contributed by atoms with Crippen LogP contribution in [0.1, 0.15) is 5.76 Å². The van der Waals surface area contributed by atoms with Crippen molar-refractivity contribution in [2.45, 2.75) is 0 Å². The van der Waals surface area contributed by atoms with Crippen LogP contribution < -0.4 is 14.8 Å². The Labute approximate surface area is 172 Å². The Morgan fingerprint density at radius 2 is 1.75 bits per heavy atom. The number of ether oxygens (including phenoxy) is 2. The molecule has 0 saturated carbocycles. The van der Waals surface area contributed by atoms with E-state index in [4.69, 9.17) is 37.1 Å². The number of amides is 1. The number of carbonyl (C=O) groups excluding carboxylic acids is 1. The molecule has 3 aromatic rings. The van der Waals surface area contributed by atoms with E-state index in [2.05, 4.69) is 5.32 Å². The fourth-order valence-corrected chi connectivity index (χ4v) is 3.06. The van der Waals surface area contributed by atoms with Crippen LogP contribution in [0.3, 0.4) is 0 Å². The molecule has 0 saturated heterocycles. The number of rotatable bonds is 6. The van der Waals surface area contributed by atoms with Gasteiger partial charge in [-0.3, -0.25) is 4.79 Å². The molecule has 1 aromatic heterocycles. The number of halogens is 2. The number of hydrogen-bond acceptors (Lipinski definition) is 4. The second kappa shape index (κ2) is 8.87. The molecule has 5 nitrogen and oxygen atoms in total. The van der Waals surface area contributed by atoms with E-state index in [0.29, 0.717) is 38.8 Å². The molecule has 0 aliphatic heterocycles. The normalized spacial score (nSPS) is 10.9. The number of hydrogen-bond donors (Lipinski definition) is 1. The number of anilines is 1. The molecule has 7 heteroatoms. The van der Waals surface area contributed by atoms with Gasteiger partial charge in [-0.05, 0) is 48.5 Å².